The lowest BCUT2D eigenvalue weighted by Gasteiger charge is -2.04. The van der Waals surface area contributed by atoms with Crippen LogP contribution in [0, 0.1) is 0 Å². The maximum atomic E-state index is 11.6. The van der Waals surface area contributed by atoms with E-state index in [2.05, 4.69) is 10.3 Å². The third-order valence-electron chi connectivity index (χ3n) is 2.28. The van der Waals surface area contributed by atoms with Crippen LogP contribution in [0.3, 0.4) is 0 Å². The Morgan fingerprint density at radius 2 is 2.43 bits per heavy atom. The summed E-state index contributed by atoms with van der Waals surface area (Å²) in [5.41, 5.74) is 6.67. The van der Waals surface area contributed by atoms with Gasteiger partial charge in [-0.25, -0.2) is 0 Å². The average Bonchev–Trinajstić information content (AvgIpc) is 2.98. The molecule has 1 aliphatic rings. The van der Waals surface area contributed by atoms with Crippen molar-refractivity contribution in [1.82, 2.24) is 10.3 Å². The zero-order valence-corrected chi connectivity index (χ0v) is 7.86. The molecule has 1 heterocycles. The first-order valence-corrected chi connectivity index (χ1v) is 4.73. The molecule has 4 nitrogen and oxygen atoms in total. The molecule has 1 saturated carbocycles. The fraction of sp³-hybridized carbons (Fsp3) is 0.400. The number of Topliss-reactive ketones (excluding diaryl/α,β-unsaturated/α-hetero) is 1. The normalized spacial score (nSPS) is 15.4. The van der Waals surface area contributed by atoms with Crippen molar-refractivity contribution < 1.29 is 4.79 Å². The molecule has 0 spiro atoms. The van der Waals surface area contributed by atoms with Gasteiger partial charge in [-0.3, -0.25) is 9.78 Å². The first-order valence-electron chi connectivity index (χ1n) is 4.73. The minimum atomic E-state index is 0.0162. The molecule has 14 heavy (non-hydrogen) atoms. The van der Waals surface area contributed by atoms with Crippen molar-refractivity contribution in [2.75, 3.05) is 12.3 Å². The number of hydrogen-bond acceptors (Lipinski definition) is 4. The number of aromatic nitrogens is 1. The molecule has 1 aromatic rings. The average molecular weight is 191 g/mol. The number of nitrogen functional groups attached to an aromatic ring is 1. The van der Waals surface area contributed by atoms with E-state index in [0.29, 0.717) is 23.8 Å². The largest absolute Gasteiger partial charge is 0.398 e. The molecule has 0 bridgehead atoms. The molecule has 0 atom stereocenters. The predicted octanol–water partition coefficient (Wildman–Crippen LogP) is 0.598. The third kappa shape index (κ3) is 2.09. The van der Waals surface area contributed by atoms with Crippen molar-refractivity contribution in [3.05, 3.63) is 24.0 Å². The van der Waals surface area contributed by atoms with E-state index >= 15 is 0 Å². The second-order valence-corrected chi connectivity index (χ2v) is 3.54. The number of nitrogens with one attached hydrogen (secondary N) is 1. The highest BCUT2D eigenvalue weighted by Crippen LogP contribution is 2.18. The Hall–Kier alpha value is -1.42. The predicted molar refractivity (Wildman–Crippen MR) is 54.0 cm³/mol. The number of ketones is 1. The molecule has 0 aromatic carbocycles. The molecule has 0 unspecified atom stereocenters. The molecule has 0 radical (unpaired) electrons. The van der Waals surface area contributed by atoms with Crippen molar-refractivity contribution in [1.29, 1.82) is 0 Å². The van der Waals surface area contributed by atoms with Gasteiger partial charge in [0.25, 0.3) is 0 Å². The first-order chi connectivity index (χ1) is 6.77. The van der Waals surface area contributed by atoms with E-state index in [1.807, 2.05) is 0 Å². The zero-order valence-electron chi connectivity index (χ0n) is 7.86. The summed E-state index contributed by atoms with van der Waals surface area (Å²) in [5.74, 6) is 0.0162. The highest BCUT2D eigenvalue weighted by Gasteiger charge is 2.21. The number of pyridine rings is 1. The topological polar surface area (TPSA) is 68.0 Å². The summed E-state index contributed by atoms with van der Waals surface area (Å²) in [7, 11) is 0. The van der Waals surface area contributed by atoms with Crippen molar-refractivity contribution in [3.8, 4) is 0 Å². The van der Waals surface area contributed by atoms with Gasteiger partial charge in [0.2, 0.25) is 0 Å². The minimum Gasteiger partial charge on any atom is -0.398 e. The van der Waals surface area contributed by atoms with Crippen LogP contribution in [0.25, 0.3) is 0 Å². The van der Waals surface area contributed by atoms with Gasteiger partial charge in [-0.15, -0.1) is 0 Å². The van der Waals surface area contributed by atoms with Gasteiger partial charge in [-0.1, -0.05) is 0 Å². The van der Waals surface area contributed by atoms with Gasteiger partial charge in [-0.05, 0) is 18.9 Å². The lowest BCUT2D eigenvalue weighted by Crippen LogP contribution is -2.25. The Kier molecular flexibility index (Phi) is 2.45. The fourth-order valence-corrected chi connectivity index (χ4v) is 1.26. The van der Waals surface area contributed by atoms with Crippen molar-refractivity contribution in [2.24, 2.45) is 0 Å². The van der Waals surface area contributed by atoms with Crippen LogP contribution in [0.1, 0.15) is 23.2 Å². The minimum absolute atomic E-state index is 0.0162. The highest BCUT2D eigenvalue weighted by molar-refractivity contribution is 6.01. The van der Waals surface area contributed by atoms with Crippen molar-refractivity contribution in [3.63, 3.8) is 0 Å². The number of anilines is 1. The molecule has 0 aliphatic heterocycles. The van der Waals surface area contributed by atoms with E-state index in [-0.39, 0.29) is 5.78 Å². The van der Waals surface area contributed by atoms with Crippen LogP contribution < -0.4 is 11.1 Å². The van der Waals surface area contributed by atoms with E-state index in [9.17, 15) is 4.79 Å². The number of hydrogen-bond donors (Lipinski definition) is 2. The van der Waals surface area contributed by atoms with Crippen LogP contribution in [0.2, 0.25) is 0 Å². The standard InChI is InChI=1S/C10H13N3O/c11-9-3-4-12-5-8(9)10(14)6-13-7-1-2-7/h3-5,7,13H,1-2,6H2,(H2,11,12). The van der Waals surface area contributed by atoms with E-state index in [0.717, 1.165) is 0 Å². The second-order valence-electron chi connectivity index (χ2n) is 3.54. The van der Waals surface area contributed by atoms with Gasteiger partial charge in [-0.2, -0.15) is 0 Å². The molecular formula is C10H13N3O. The van der Waals surface area contributed by atoms with E-state index in [4.69, 9.17) is 5.73 Å². The number of rotatable bonds is 4. The summed E-state index contributed by atoms with van der Waals surface area (Å²) in [4.78, 5) is 15.5. The maximum absolute atomic E-state index is 11.6. The molecule has 0 saturated heterocycles. The highest BCUT2D eigenvalue weighted by atomic mass is 16.1. The molecule has 74 valence electrons. The number of nitrogens with two attached hydrogens (primary N) is 1. The summed E-state index contributed by atoms with van der Waals surface area (Å²) in [6.07, 6.45) is 5.46. The molecule has 1 fully saturated rings. The van der Waals surface area contributed by atoms with E-state index < -0.39 is 0 Å². The Morgan fingerprint density at radius 3 is 3.07 bits per heavy atom. The molecule has 1 aliphatic carbocycles. The van der Waals surface area contributed by atoms with Gasteiger partial charge < -0.3 is 11.1 Å². The van der Waals surface area contributed by atoms with Gasteiger partial charge in [0.05, 0.1) is 12.1 Å². The first kappa shape index (κ1) is 9.15. The Bertz CT molecular complexity index is 347. The lowest BCUT2D eigenvalue weighted by atomic mass is 10.1. The smallest absolute Gasteiger partial charge is 0.180 e. The van der Waals surface area contributed by atoms with Crippen molar-refractivity contribution >= 4 is 11.5 Å². The molecule has 1 aromatic heterocycles. The molecule has 2 rings (SSSR count). The van der Waals surface area contributed by atoms with Gasteiger partial charge >= 0.3 is 0 Å². The van der Waals surface area contributed by atoms with E-state index in [1.165, 1.54) is 19.0 Å². The van der Waals surface area contributed by atoms with Crippen LogP contribution in [0.5, 0.6) is 0 Å². The Labute approximate surface area is 82.5 Å². The number of nitrogens with zero attached hydrogens (tertiary/aromatic N) is 1. The number of carbonyl (C=O) groups is 1. The van der Waals surface area contributed by atoms with Crippen LogP contribution in [-0.2, 0) is 0 Å². The molecule has 3 N–H and O–H groups in total. The monoisotopic (exact) mass is 191 g/mol. The Morgan fingerprint density at radius 1 is 1.64 bits per heavy atom. The lowest BCUT2D eigenvalue weighted by molar-refractivity contribution is 0.0991. The quantitative estimate of drug-likeness (QED) is 0.684. The second kappa shape index (κ2) is 3.75. The van der Waals surface area contributed by atoms with Crippen molar-refractivity contribution in [2.45, 2.75) is 18.9 Å². The molecule has 4 heteroatoms. The third-order valence-corrected chi connectivity index (χ3v) is 2.28. The van der Waals surface area contributed by atoms with Crippen LogP contribution in [0.4, 0.5) is 5.69 Å². The van der Waals surface area contributed by atoms with Gasteiger partial charge in [0, 0.05) is 24.1 Å². The van der Waals surface area contributed by atoms with Gasteiger partial charge in [0.15, 0.2) is 5.78 Å². The summed E-state index contributed by atoms with van der Waals surface area (Å²) < 4.78 is 0. The van der Waals surface area contributed by atoms with Crippen LogP contribution in [-0.4, -0.2) is 23.4 Å². The van der Waals surface area contributed by atoms with Crippen LogP contribution in [0.15, 0.2) is 18.5 Å². The van der Waals surface area contributed by atoms with E-state index in [1.54, 1.807) is 12.3 Å². The summed E-state index contributed by atoms with van der Waals surface area (Å²) in [5, 5.41) is 3.15. The molecule has 0 amide bonds. The summed E-state index contributed by atoms with van der Waals surface area (Å²) in [6.45, 7) is 0.362. The maximum Gasteiger partial charge on any atom is 0.180 e. The zero-order chi connectivity index (χ0) is 9.97. The number of carbonyl (C=O) groups excluding carboxylic acids is 1. The molecular weight excluding hydrogens is 178 g/mol. The Balaban J connectivity index is 1.98. The van der Waals surface area contributed by atoms with Gasteiger partial charge in [0.1, 0.15) is 0 Å². The SMILES string of the molecule is Nc1ccncc1C(=O)CNC1CC1. The summed E-state index contributed by atoms with van der Waals surface area (Å²) in [6, 6.07) is 2.18. The summed E-state index contributed by atoms with van der Waals surface area (Å²) >= 11 is 0. The fourth-order valence-electron chi connectivity index (χ4n) is 1.26. The van der Waals surface area contributed by atoms with Crippen LogP contribution >= 0.6 is 0 Å².